The number of nitrogens with two attached hydrogens (primary N) is 2. The van der Waals surface area contributed by atoms with Crippen molar-refractivity contribution in [3.63, 3.8) is 0 Å². The number of rotatable bonds is 2. The van der Waals surface area contributed by atoms with E-state index in [0.29, 0.717) is 11.2 Å². The fourth-order valence-electron chi connectivity index (χ4n) is 1.26. The molecule has 0 radical (unpaired) electrons. The standard InChI is InChI=1S/C6H14N2.2HI.Pt/c7-3-5-1-2-6(5)4-8;;;/h5-6H,1-4,7-8H2;2*1H;/q;;;+2/p-2/t5-,6-;;;/m0.../s1. The summed E-state index contributed by atoms with van der Waals surface area (Å²) in [7, 11) is 0. The second kappa shape index (κ2) is 8.66. The van der Waals surface area contributed by atoms with E-state index in [0.717, 1.165) is 24.9 Å². The van der Waals surface area contributed by atoms with Crippen molar-refractivity contribution in [3.05, 3.63) is 0 Å². The summed E-state index contributed by atoms with van der Waals surface area (Å²) in [6.45, 7) is 1.67. The molecule has 0 aromatic rings. The van der Waals surface area contributed by atoms with Crippen LogP contribution in [0.5, 0.6) is 0 Å². The average molecular weight is 563 g/mol. The van der Waals surface area contributed by atoms with Crippen LogP contribution in [-0.4, -0.2) is 13.1 Å². The van der Waals surface area contributed by atoms with Crippen LogP contribution in [0.1, 0.15) is 12.8 Å². The van der Waals surface area contributed by atoms with E-state index < -0.39 is 0 Å². The fraction of sp³-hybridized carbons (Fsp3) is 1.00. The quantitative estimate of drug-likeness (QED) is 0.504. The Kier molecular flexibility index (Phi) is 10.3. The molecule has 0 aromatic carbocycles. The van der Waals surface area contributed by atoms with E-state index in [-0.39, 0.29) is 0 Å². The first-order valence-corrected chi connectivity index (χ1v) is 16.4. The third kappa shape index (κ3) is 5.39. The molecule has 0 aliphatic heterocycles. The molecule has 0 bridgehead atoms. The molecule has 2 nitrogen and oxygen atoms in total. The molecular formula is C6H14I2N2Pt. The van der Waals surface area contributed by atoms with Gasteiger partial charge >= 0.3 is 49.9 Å². The summed E-state index contributed by atoms with van der Waals surface area (Å²) < 4.78 is 0. The Labute approximate surface area is 97.8 Å². The van der Waals surface area contributed by atoms with Crippen LogP contribution in [0.15, 0.2) is 0 Å². The van der Waals surface area contributed by atoms with Crippen LogP contribution < -0.4 is 11.5 Å². The minimum absolute atomic E-state index is 0.523. The van der Waals surface area contributed by atoms with E-state index in [1.54, 1.807) is 0 Å². The third-order valence-electron chi connectivity index (χ3n) is 2.18. The maximum absolute atomic E-state index is 5.44. The summed E-state index contributed by atoms with van der Waals surface area (Å²) in [6, 6.07) is 0. The van der Waals surface area contributed by atoms with Crippen molar-refractivity contribution >= 4 is 38.7 Å². The van der Waals surface area contributed by atoms with Crippen molar-refractivity contribution in [1.82, 2.24) is 0 Å². The fourth-order valence-corrected chi connectivity index (χ4v) is 1.26. The molecule has 4 N–H and O–H groups in total. The van der Waals surface area contributed by atoms with Crippen molar-refractivity contribution in [3.8, 4) is 0 Å². The van der Waals surface area contributed by atoms with Gasteiger partial charge in [0, 0.05) is 0 Å². The first-order chi connectivity index (χ1) is 5.29. The van der Waals surface area contributed by atoms with E-state index in [9.17, 15) is 0 Å². The van der Waals surface area contributed by atoms with Gasteiger partial charge in [0.15, 0.2) is 0 Å². The second-order valence-corrected chi connectivity index (χ2v) is 19.2. The number of hydrogen-bond donors (Lipinski definition) is 2. The van der Waals surface area contributed by atoms with Crippen molar-refractivity contribution in [1.29, 1.82) is 0 Å². The molecule has 1 aliphatic rings. The SMILES string of the molecule is NC[C@@H]1CC[C@H]1CN.[I][Pt][I]. The molecule has 2 atom stereocenters. The van der Waals surface area contributed by atoms with Crippen molar-refractivity contribution in [2.45, 2.75) is 12.8 Å². The van der Waals surface area contributed by atoms with E-state index in [1.807, 2.05) is 0 Å². The summed E-state index contributed by atoms with van der Waals surface area (Å²) in [5, 5.41) is 0. The van der Waals surface area contributed by atoms with Crippen molar-refractivity contribution < 1.29 is 11.2 Å². The topological polar surface area (TPSA) is 52.0 Å². The summed E-state index contributed by atoms with van der Waals surface area (Å²) in [5.74, 6) is 1.50. The van der Waals surface area contributed by atoms with Crippen LogP contribution in [0.3, 0.4) is 0 Å². The van der Waals surface area contributed by atoms with Crippen molar-refractivity contribution in [2.24, 2.45) is 23.3 Å². The summed E-state index contributed by atoms with van der Waals surface area (Å²) >= 11 is 5.30. The summed E-state index contributed by atoms with van der Waals surface area (Å²) in [6.07, 6.45) is 2.61. The number of halogens is 2. The maximum atomic E-state index is 5.44. The second-order valence-electron chi connectivity index (χ2n) is 2.61. The first kappa shape index (κ1) is 13.1. The van der Waals surface area contributed by atoms with Gasteiger partial charge in [-0.05, 0) is 37.8 Å². The molecule has 1 aliphatic carbocycles. The average Bonchev–Trinajstić information content (AvgIpc) is 1.89. The van der Waals surface area contributed by atoms with Crippen LogP contribution in [0, 0.1) is 11.8 Å². The van der Waals surface area contributed by atoms with Crippen LogP contribution in [-0.2, 0) is 11.2 Å². The van der Waals surface area contributed by atoms with Crippen molar-refractivity contribution in [2.75, 3.05) is 13.1 Å². The van der Waals surface area contributed by atoms with Gasteiger partial charge in [-0.25, -0.2) is 0 Å². The Hall–Kier alpha value is 2.07. The minimum atomic E-state index is 0.523. The zero-order valence-corrected chi connectivity index (χ0v) is 12.8. The molecule has 0 unspecified atom stereocenters. The Bertz CT molecular complexity index is 80.7. The van der Waals surface area contributed by atoms with Gasteiger partial charge < -0.3 is 11.5 Å². The van der Waals surface area contributed by atoms with Crippen LogP contribution in [0.25, 0.3) is 0 Å². The molecule has 0 saturated heterocycles. The summed E-state index contributed by atoms with van der Waals surface area (Å²) in [5.41, 5.74) is 10.9. The van der Waals surface area contributed by atoms with Crippen LogP contribution in [0.4, 0.5) is 0 Å². The van der Waals surface area contributed by atoms with E-state index >= 15 is 0 Å². The molecule has 0 amide bonds. The molecule has 0 heterocycles. The van der Waals surface area contributed by atoms with Gasteiger partial charge in [-0.1, -0.05) is 0 Å². The molecule has 0 spiro atoms. The normalized spacial score (nSPS) is 28.7. The van der Waals surface area contributed by atoms with Crippen LogP contribution in [0.2, 0.25) is 0 Å². The Morgan fingerprint density at radius 3 is 1.45 bits per heavy atom. The molecule has 5 heteroatoms. The van der Waals surface area contributed by atoms with Gasteiger partial charge in [0.1, 0.15) is 0 Å². The zero-order chi connectivity index (χ0) is 8.69. The predicted molar refractivity (Wildman–Crippen MR) is 62.4 cm³/mol. The third-order valence-corrected chi connectivity index (χ3v) is 2.18. The predicted octanol–water partition coefficient (Wildman–Crippen LogP) is 1.70. The molecule has 1 saturated carbocycles. The van der Waals surface area contributed by atoms with Crippen LogP contribution >= 0.6 is 38.7 Å². The Morgan fingerprint density at radius 2 is 1.36 bits per heavy atom. The zero-order valence-electron chi connectivity index (χ0n) is 6.21. The monoisotopic (exact) mass is 563 g/mol. The van der Waals surface area contributed by atoms with Gasteiger partial charge in [0.2, 0.25) is 0 Å². The molecular weight excluding hydrogens is 549 g/mol. The summed E-state index contributed by atoms with van der Waals surface area (Å²) in [4.78, 5) is 0. The molecule has 11 heavy (non-hydrogen) atoms. The van der Waals surface area contributed by atoms with E-state index in [2.05, 4.69) is 38.7 Å². The number of hydrogen-bond acceptors (Lipinski definition) is 2. The molecule has 72 valence electrons. The molecule has 1 rings (SSSR count). The van der Waals surface area contributed by atoms with Gasteiger partial charge in [-0.2, -0.15) is 0 Å². The van der Waals surface area contributed by atoms with Gasteiger partial charge in [-0.15, -0.1) is 0 Å². The van der Waals surface area contributed by atoms with E-state index in [1.165, 1.54) is 12.8 Å². The molecule has 0 aromatic heterocycles. The van der Waals surface area contributed by atoms with Gasteiger partial charge in [0.25, 0.3) is 0 Å². The molecule has 1 fully saturated rings. The van der Waals surface area contributed by atoms with E-state index in [4.69, 9.17) is 11.5 Å². The Morgan fingerprint density at radius 1 is 1.09 bits per heavy atom. The first-order valence-electron chi connectivity index (χ1n) is 3.52. The van der Waals surface area contributed by atoms with Gasteiger partial charge in [0.05, 0.1) is 0 Å². The Balaban J connectivity index is 0.000000292. The van der Waals surface area contributed by atoms with Gasteiger partial charge in [-0.3, -0.25) is 0 Å².